The number of furan rings is 1. The molecule has 0 amide bonds. The molecule has 0 saturated carbocycles. The van der Waals surface area contributed by atoms with Crippen LogP contribution < -0.4 is 11.2 Å². The van der Waals surface area contributed by atoms with Gasteiger partial charge in [-0.1, -0.05) is 37.6 Å². The van der Waals surface area contributed by atoms with Gasteiger partial charge in [0.25, 0.3) is 5.56 Å². The van der Waals surface area contributed by atoms with Crippen LogP contribution in [0.2, 0.25) is 0 Å². The van der Waals surface area contributed by atoms with Crippen LogP contribution in [0.1, 0.15) is 19.8 Å². The topological polar surface area (TPSA) is 65.1 Å². The molecule has 5 heteroatoms. The maximum Gasteiger partial charge on any atom is 0.353 e. The van der Waals surface area contributed by atoms with E-state index in [1.165, 1.54) is 4.57 Å². The number of hydrogen-bond donors (Lipinski definition) is 0. The van der Waals surface area contributed by atoms with Gasteiger partial charge in [0.05, 0.1) is 0 Å². The van der Waals surface area contributed by atoms with Gasteiger partial charge in [0.2, 0.25) is 5.71 Å². The molecule has 2 aromatic heterocycles. The molecule has 0 unspecified atom stereocenters. The molecule has 102 valence electrons. The summed E-state index contributed by atoms with van der Waals surface area (Å²) < 4.78 is 6.70. The van der Waals surface area contributed by atoms with Gasteiger partial charge in [-0.3, -0.25) is 9.36 Å². The van der Waals surface area contributed by atoms with Crippen molar-refractivity contribution >= 4 is 22.1 Å². The summed E-state index contributed by atoms with van der Waals surface area (Å²) in [6.07, 6.45) is 1.68. The molecule has 3 aromatic rings. The predicted molar refractivity (Wildman–Crippen MR) is 77.0 cm³/mol. The molecular weight excluding hydrogens is 256 g/mol. The third-order valence-electron chi connectivity index (χ3n) is 3.31. The zero-order valence-corrected chi connectivity index (χ0v) is 11.1. The normalized spacial score (nSPS) is 11.2. The highest BCUT2D eigenvalue weighted by Crippen LogP contribution is 2.22. The lowest BCUT2D eigenvalue weighted by Gasteiger charge is -2.01. The number of rotatable bonds is 3. The van der Waals surface area contributed by atoms with Crippen LogP contribution in [0.15, 0.2) is 44.3 Å². The van der Waals surface area contributed by atoms with Crippen molar-refractivity contribution in [1.29, 1.82) is 0 Å². The molecule has 2 heterocycles. The molecule has 0 spiro atoms. The van der Waals surface area contributed by atoms with Crippen LogP contribution in [-0.4, -0.2) is 9.55 Å². The number of aromatic nitrogens is 2. The third kappa shape index (κ3) is 1.91. The first-order valence-electron chi connectivity index (χ1n) is 6.64. The number of fused-ring (bicyclic) bond motifs is 3. The second kappa shape index (κ2) is 4.92. The van der Waals surface area contributed by atoms with Gasteiger partial charge in [0, 0.05) is 11.9 Å². The molecule has 0 aliphatic heterocycles. The zero-order valence-electron chi connectivity index (χ0n) is 11.1. The maximum absolute atomic E-state index is 12.5. The van der Waals surface area contributed by atoms with Gasteiger partial charge < -0.3 is 4.42 Å². The van der Waals surface area contributed by atoms with Crippen molar-refractivity contribution in [2.75, 3.05) is 0 Å². The summed E-state index contributed by atoms with van der Waals surface area (Å²) in [7, 11) is 0. The predicted octanol–water partition coefficient (Wildman–Crippen LogP) is 2.30. The molecule has 0 fully saturated rings. The second-order valence-electron chi connectivity index (χ2n) is 4.68. The van der Waals surface area contributed by atoms with Crippen molar-refractivity contribution in [2.24, 2.45) is 0 Å². The van der Waals surface area contributed by atoms with Gasteiger partial charge in [0.1, 0.15) is 11.0 Å². The van der Waals surface area contributed by atoms with E-state index in [1.54, 1.807) is 12.1 Å². The summed E-state index contributed by atoms with van der Waals surface area (Å²) >= 11 is 0. The first-order valence-corrected chi connectivity index (χ1v) is 6.64. The average molecular weight is 270 g/mol. The smallest absolute Gasteiger partial charge is 0.353 e. The van der Waals surface area contributed by atoms with Crippen molar-refractivity contribution in [3.8, 4) is 0 Å². The lowest BCUT2D eigenvalue weighted by atomic mass is 10.2. The molecule has 0 atom stereocenters. The minimum absolute atomic E-state index is 0.119. The van der Waals surface area contributed by atoms with E-state index in [9.17, 15) is 9.59 Å². The lowest BCUT2D eigenvalue weighted by Crippen LogP contribution is -2.34. The molecule has 0 radical (unpaired) electrons. The monoisotopic (exact) mass is 270 g/mol. The summed E-state index contributed by atoms with van der Waals surface area (Å²) in [5.74, 6) is 0. The molecule has 5 nitrogen and oxygen atoms in total. The largest absolute Gasteiger partial charge is 0.437 e. The molecule has 0 bridgehead atoms. The molecule has 0 N–H and O–H groups in total. The Labute approximate surface area is 114 Å². The standard InChI is InChI=1S/C15H14N2O3/c1-2-3-9-17-14(18)12-10-7-5-4-6-8-11(10)20-13(12)16-15(17)19/h4-8H,2-3,9H2,1H3. The van der Waals surface area contributed by atoms with Crippen molar-refractivity contribution in [1.82, 2.24) is 9.55 Å². The van der Waals surface area contributed by atoms with Crippen molar-refractivity contribution < 1.29 is 4.42 Å². The highest BCUT2D eigenvalue weighted by Gasteiger charge is 2.15. The van der Waals surface area contributed by atoms with Gasteiger partial charge in [-0.15, -0.1) is 0 Å². The fourth-order valence-corrected chi connectivity index (χ4v) is 2.26. The van der Waals surface area contributed by atoms with E-state index in [2.05, 4.69) is 4.98 Å². The van der Waals surface area contributed by atoms with E-state index in [0.717, 1.165) is 12.8 Å². The first kappa shape index (κ1) is 12.6. The molecule has 1 aromatic carbocycles. The fourth-order valence-electron chi connectivity index (χ4n) is 2.26. The summed E-state index contributed by atoms with van der Waals surface area (Å²) in [5, 5.41) is 1.07. The number of hydrogen-bond acceptors (Lipinski definition) is 4. The van der Waals surface area contributed by atoms with Gasteiger partial charge in [0.15, 0.2) is 0 Å². The third-order valence-corrected chi connectivity index (χ3v) is 3.31. The summed E-state index contributed by atoms with van der Waals surface area (Å²) in [5.41, 5.74) is -0.186. The minimum atomic E-state index is -0.542. The van der Waals surface area contributed by atoms with E-state index in [4.69, 9.17) is 4.42 Å². The van der Waals surface area contributed by atoms with Crippen LogP contribution in [0.25, 0.3) is 22.1 Å². The van der Waals surface area contributed by atoms with Crippen LogP contribution in [0.5, 0.6) is 0 Å². The van der Waals surface area contributed by atoms with Crippen molar-refractivity contribution in [2.45, 2.75) is 26.3 Å². The number of unbranched alkanes of at least 4 members (excludes halogenated alkanes) is 1. The average Bonchev–Trinajstić information content (AvgIpc) is 2.61. The molecule has 20 heavy (non-hydrogen) atoms. The zero-order chi connectivity index (χ0) is 14.1. The van der Waals surface area contributed by atoms with E-state index in [-0.39, 0.29) is 11.3 Å². The van der Waals surface area contributed by atoms with Crippen LogP contribution in [0, 0.1) is 0 Å². The van der Waals surface area contributed by atoms with Crippen LogP contribution in [0.4, 0.5) is 0 Å². The van der Waals surface area contributed by atoms with Crippen molar-refractivity contribution in [3.05, 3.63) is 51.2 Å². The fraction of sp³-hybridized carbons (Fsp3) is 0.267. The minimum Gasteiger partial charge on any atom is -0.437 e. The Morgan fingerprint density at radius 2 is 2.00 bits per heavy atom. The van der Waals surface area contributed by atoms with E-state index in [1.807, 2.05) is 25.1 Å². The SMILES string of the molecule is CCCCn1c(=O)nc2oc3cccccc3c2c1=O. The van der Waals surface area contributed by atoms with E-state index < -0.39 is 5.69 Å². The Morgan fingerprint density at radius 3 is 2.80 bits per heavy atom. The molecule has 0 saturated heterocycles. The Bertz CT molecular complexity index is 893. The van der Waals surface area contributed by atoms with Crippen LogP contribution in [0.3, 0.4) is 0 Å². The maximum atomic E-state index is 12.5. The Morgan fingerprint density at radius 1 is 1.20 bits per heavy atom. The quantitative estimate of drug-likeness (QED) is 0.732. The second-order valence-corrected chi connectivity index (χ2v) is 4.68. The van der Waals surface area contributed by atoms with Gasteiger partial charge >= 0.3 is 5.69 Å². The Hall–Kier alpha value is -2.43. The highest BCUT2D eigenvalue weighted by molar-refractivity contribution is 6.02. The first-order chi connectivity index (χ1) is 9.72. The summed E-state index contributed by atoms with van der Waals surface area (Å²) in [6, 6.07) is 9.07. The molecule has 0 aliphatic carbocycles. The molecular formula is C15H14N2O3. The Kier molecular flexibility index (Phi) is 3.10. The number of nitrogens with zero attached hydrogens (tertiary/aromatic N) is 2. The lowest BCUT2D eigenvalue weighted by molar-refractivity contribution is 0.578. The van der Waals surface area contributed by atoms with Gasteiger partial charge in [-0.25, -0.2) is 4.79 Å². The van der Waals surface area contributed by atoms with E-state index >= 15 is 0 Å². The van der Waals surface area contributed by atoms with Crippen LogP contribution in [-0.2, 0) is 6.54 Å². The van der Waals surface area contributed by atoms with E-state index in [0.29, 0.717) is 22.9 Å². The van der Waals surface area contributed by atoms with Gasteiger partial charge in [-0.2, -0.15) is 4.98 Å². The summed E-state index contributed by atoms with van der Waals surface area (Å²) in [4.78, 5) is 28.3. The Balaban J connectivity index is 2.41. The van der Waals surface area contributed by atoms with Crippen molar-refractivity contribution in [3.63, 3.8) is 0 Å². The van der Waals surface area contributed by atoms with Gasteiger partial charge in [-0.05, 0) is 12.5 Å². The molecule has 3 rings (SSSR count). The van der Waals surface area contributed by atoms with Crippen LogP contribution >= 0.6 is 0 Å². The molecule has 0 aliphatic rings. The highest BCUT2D eigenvalue weighted by atomic mass is 16.3. The summed E-state index contributed by atoms with van der Waals surface area (Å²) in [6.45, 7) is 2.40.